The Kier molecular flexibility index (Phi) is 2.39. The second kappa shape index (κ2) is 3.77. The summed E-state index contributed by atoms with van der Waals surface area (Å²) in [4.78, 5) is 7.00. The van der Waals surface area contributed by atoms with E-state index in [0.29, 0.717) is 6.04 Å². The Bertz CT molecular complexity index is 373. The van der Waals surface area contributed by atoms with Crippen molar-refractivity contribution < 1.29 is 0 Å². The fraction of sp³-hybridized carbons (Fsp3) is 0.750. The molecule has 3 atom stereocenters. The molecule has 1 aromatic heterocycles. The van der Waals surface area contributed by atoms with Crippen LogP contribution in [0.5, 0.6) is 0 Å². The predicted molar refractivity (Wildman–Crippen MR) is 64.5 cm³/mol. The van der Waals surface area contributed by atoms with Gasteiger partial charge < -0.3 is 14.8 Å². The fourth-order valence-corrected chi connectivity index (χ4v) is 3.41. The van der Waals surface area contributed by atoms with Crippen LogP contribution in [-0.2, 0) is 7.05 Å². The van der Waals surface area contributed by atoms with Gasteiger partial charge in [-0.15, -0.1) is 0 Å². The van der Waals surface area contributed by atoms with Crippen molar-refractivity contribution in [2.45, 2.75) is 19.4 Å². The van der Waals surface area contributed by atoms with Gasteiger partial charge in [-0.25, -0.2) is 4.98 Å². The highest BCUT2D eigenvalue weighted by molar-refractivity contribution is 5.36. The number of hydrogen-bond acceptors (Lipinski definition) is 3. The Labute approximate surface area is 96.7 Å². The zero-order valence-corrected chi connectivity index (χ0v) is 10.1. The van der Waals surface area contributed by atoms with E-state index in [1.807, 2.05) is 12.4 Å². The fourth-order valence-electron chi connectivity index (χ4n) is 3.41. The minimum Gasteiger partial charge on any atom is -0.339 e. The third-order valence-corrected chi connectivity index (χ3v) is 4.19. The lowest BCUT2D eigenvalue weighted by molar-refractivity contribution is 0.440. The maximum Gasteiger partial charge on any atom is 0.205 e. The van der Waals surface area contributed by atoms with E-state index in [0.717, 1.165) is 17.8 Å². The molecule has 0 aromatic carbocycles. The van der Waals surface area contributed by atoms with E-state index in [9.17, 15) is 0 Å². The predicted octanol–water partition coefficient (Wildman–Crippen LogP) is 0.854. The summed E-state index contributed by atoms with van der Waals surface area (Å²) >= 11 is 0. The second-order valence-electron chi connectivity index (χ2n) is 5.05. The van der Waals surface area contributed by atoms with Crippen molar-refractivity contribution in [2.75, 3.05) is 24.5 Å². The van der Waals surface area contributed by atoms with Gasteiger partial charge in [-0.05, 0) is 18.3 Å². The van der Waals surface area contributed by atoms with Crippen LogP contribution in [0.4, 0.5) is 5.95 Å². The summed E-state index contributed by atoms with van der Waals surface area (Å²) < 4.78 is 2.14. The molecule has 1 aromatic rings. The highest BCUT2D eigenvalue weighted by atomic mass is 15.3. The first kappa shape index (κ1) is 10.1. The maximum absolute atomic E-state index is 4.49. The van der Waals surface area contributed by atoms with Gasteiger partial charge in [0.25, 0.3) is 0 Å². The summed E-state index contributed by atoms with van der Waals surface area (Å²) in [6, 6.07) is 0.668. The summed E-state index contributed by atoms with van der Waals surface area (Å²) in [5.74, 6) is 2.78. The number of rotatable bonds is 2. The summed E-state index contributed by atoms with van der Waals surface area (Å²) in [6.45, 7) is 5.83. The monoisotopic (exact) mass is 220 g/mol. The molecule has 2 saturated heterocycles. The molecule has 16 heavy (non-hydrogen) atoms. The van der Waals surface area contributed by atoms with Crippen LogP contribution in [0, 0.1) is 11.8 Å². The number of hydrogen-bond donors (Lipinski definition) is 1. The summed E-state index contributed by atoms with van der Waals surface area (Å²) in [6.07, 6.45) is 5.15. The number of nitrogens with one attached hydrogen (secondary N) is 1. The van der Waals surface area contributed by atoms with Gasteiger partial charge >= 0.3 is 0 Å². The molecule has 2 aliphatic rings. The topological polar surface area (TPSA) is 33.1 Å². The SMILES string of the molecule is CCC1C2CNCC2CN1c1nccn1C. The van der Waals surface area contributed by atoms with Gasteiger partial charge in [-0.2, -0.15) is 0 Å². The van der Waals surface area contributed by atoms with E-state index in [4.69, 9.17) is 0 Å². The third kappa shape index (κ3) is 1.36. The molecule has 0 amide bonds. The van der Waals surface area contributed by atoms with E-state index in [1.165, 1.54) is 26.1 Å². The zero-order chi connectivity index (χ0) is 11.1. The quantitative estimate of drug-likeness (QED) is 0.802. The highest BCUT2D eigenvalue weighted by Gasteiger charge is 2.44. The van der Waals surface area contributed by atoms with E-state index >= 15 is 0 Å². The molecule has 4 nitrogen and oxygen atoms in total. The van der Waals surface area contributed by atoms with Crippen LogP contribution >= 0.6 is 0 Å². The van der Waals surface area contributed by atoms with Crippen LogP contribution in [0.25, 0.3) is 0 Å². The van der Waals surface area contributed by atoms with Crippen LogP contribution in [0.2, 0.25) is 0 Å². The largest absolute Gasteiger partial charge is 0.339 e. The van der Waals surface area contributed by atoms with E-state index in [2.05, 4.69) is 33.7 Å². The van der Waals surface area contributed by atoms with Crippen molar-refractivity contribution >= 4 is 5.95 Å². The third-order valence-electron chi connectivity index (χ3n) is 4.19. The molecule has 0 aliphatic carbocycles. The number of fused-ring (bicyclic) bond motifs is 1. The minimum atomic E-state index is 0.668. The Morgan fingerprint density at radius 1 is 1.50 bits per heavy atom. The molecule has 3 heterocycles. The highest BCUT2D eigenvalue weighted by Crippen LogP contribution is 2.36. The molecule has 3 rings (SSSR count). The molecule has 4 heteroatoms. The van der Waals surface area contributed by atoms with Crippen LogP contribution in [-0.4, -0.2) is 35.2 Å². The number of aryl methyl sites for hydroxylation is 1. The normalized spacial score (nSPS) is 33.4. The maximum atomic E-state index is 4.49. The van der Waals surface area contributed by atoms with Gasteiger partial charge in [-0.1, -0.05) is 6.92 Å². The average Bonchev–Trinajstić information content (AvgIpc) is 2.90. The first-order chi connectivity index (χ1) is 7.81. The van der Waals surface area contributed by atoms with Crippen LogP contribution in [0.15, 0.2) is 12.4 Å². The lowest BCUT2D eigenvalue weighted by Crippen LogP contribution is -2.36. The lowest BCUT2D eigenvalue weighted by Gasteiger charge is -2.27. The van der Waals surface area contributed by atoms with E-state index in [1.54, 1.807) is 0 Å². The van der Waals surface area contributed by atoms with Gasteiger partial charge in [0.05, 0.1) is 0 Å². The van der Waals surface area contributed by atoms with Gasteiger partial charge in [0.15, 0.2) is 0 Å². The zero-order valence-electron chi connectivity index (χ0n) is 10.1. The second-order valence-corrected chi connectivity index (χ2v) is 5.05. The van der Waals surface area contributed by atoms with Gasteiger partial charge in [0.2, 0.25) is 5.95 Å². The molecule has 3 unspecified atom stereocenters. The van der Waals surface area contributed by atoms with E-state index in [-0.39, 0.29) is 0 Å². The van der Waals surface area contributed by atoms with Crippen molar-refractivity contribution in [2.24, 2.45) is 18.9 Å². The molecule has 88 valence electrons. The Balaban J connectivity index is 1.89. The number of nitrogens with zero attached hydrogens (tertiary/aromatic N) is 3. The molecule has 0 saturated carbocycles. The average molecular weight is 220 g/mol. The minimum absolute atomic E-state index is 0.668. The van der Waals surface area contributed by atoms with Crippen LogP contribution in [0.1, 0.15) is 13.3 Å². The molecule has 0 spiro atoms. The van der Waals surface area contributed by atoms with Gasteiger partial charge in [0.1, 0.15) is 0 Å². The molecule has 2 aliphatic heterocycles. The van der Waals surface area contributed by atoms with Crippen molar-refractivity contribution in [3.63, 3.8) is 0 Å². The molecular formula is C12H20N4. The van der Waals surface area contributed by atoms with Gasteiger partial charge in [-0.3, -0.25) is 0 Å². The first-order valence-corrected chi connectivity index (χ1v) is 6.26. The van der Waals surface area contributed by atoms with Crippen LogP contribution < -0.4 is 10.2 Å². The lowest BCUT2D eigenvalue weighted by atomic mass is 9.93. The Morgan fingerprint density at radius 2 is 2.38 bits per heavy atom. The molecule has 0 radical (unpaired) electrons. The Morgan fingerprint density at radius 3 is 3.06 bits per heavy atom. The number of aromatic nitrogens is 2. The molecule has 0 bridgehead atoms. The van der Waals surface area contributed by atoms with Crippen molar-refractivity contribution in [3.8, 4) is 0 Å². The van der Waals surface area contributed by atoms with Crippen molar-refractivity contribution in [1.82, 2.24) is 14.9 Å². The number of anilines is 1. The Hall–Kier alpha value is -1.03. The van der Waals surface area contributed by atoms with Crippen molar-refractivity contribution in [3.05, 3.63) is 12.4 Å². The summed E-state index contributed by atoms with van der Waals surface area (Å²) in [7, 11) is 2.08. The van der Waals surface area contributed by atoms with Crippen LogP contribution in [0.3, 0.4) is 0 Å². The molecule has 2 fully saturated rings. The standard InChI is InChI=1S/C12H20N4/c1-3-11-10-7-13-6-9(10)8-16(11)12-14-4-5-15(12)2/h4-5,9-11,13H,3,6-8H2,1-2H3. The first-order valence-electron chi connectivity index (χ1n) is 6.26. The van der Waals surface area contributed by atoms with Crippen molar-refractivity contribution in [1.29, 1.82) is 0 Å². The van der Waals surface area contributed by atoms with Gasteiger partial charge in [0, 0.05) is 45.1 Å². The summed E-state index contributed by atoms with van der Waals surface area (Å²) in [5, 5.41) is 3.52. The molecular weight excluding hydrogens is 200 g/mol. The van der Waals surface area contributed by atoms with E-state index < -0.39 is 0 Å². The smallest absolute Gasteiger partial charge is 0.205 e. The summed E-state index contributed by atoms with van der Waals surface area (Å²) in [5.41, 5.74) is 0. The molecule has 1 N–H and O–H groups in total. The number of imidazole rings is 1.